The molecule has 0 fully saturated rings. The summed E-state index contributed by atoms with van der Waals surface area (Å²) < 4.78 is 5.47. The summed E-state index contributed by atoms with van der Waals surface area (Å²) in [5.41, 5.74) is 4.80. The lowest BCUT2D eigenvalue weighted by atomic mass is 9.99. The second-order valence-electron chi connectivity index (χ2n) is 5.83. The number of carbonyl (C=O) groups is 1. The number of fused-ring (bicyclic) bond motifs is 1. The first-order chi connectivity index (χ1) is 11.7. The van der Waals surface area contributed by atoms with E-state index in [1.54, 1.807) is 6.07 Å². The molecule has 3 rings (SSSR count). The van der Waals surface area contributed by atoms with E-state index < -0.39 is 5.97 Å². The monoisotopic (exact) mass is 325 g/mol. The van der Waals surface area contributed by atoms with Gasteiger partial charge in [-0.1, -0.05) is 41.6 Å². The van der Waals surface area contributed by atoms with Gasteiger partial charge in [0, 0.05) is 5.56 Å². The lowest BCUT2D eigenvalue weighted by molar-refractivity contribution is -0.139. The highest BCUT2D eigenvalue weighted by Crippen LogP contribution is 2.31. The maximum atomic E-state index is 10.8. The lowest BCUT2D eigenvalue weighted by Crippen LogP contribution is -2.11. The molecule has 5 heteroatoms. The van der Waals surface area contributed by atoms with Crippen LogP contribution in [-0.4, -0.2) is 28.6 Å². The average Bonchev–Trinajstić information content (AvgIpc) is 3.00. The number of hydrogen-bond acceptors (Lipinski definition) is 4. The molecule has 0 heterocycles. The van der Waals surface area contributed by atoms with Crippen molar-refractivity contribution < 1.29 is 19.8 Å². The fourth-order valence-corrected chi connectivity index (χ4v) is 3.04. The van der Waals surface area contributed by atoms with Gasteiger partial charge in [-0.25, -0.2) is 4.79 Å². The van der Waals surface area contributed by atoms with E-state index in [0.717, 1.165) is 36.0 Å². The molecular formula is C19H19NO4. The topological polar surface area (TPSA) is 79.1 Å². The molecule has 0 unspecified atom stereocenters. The Morgan fingerprint density at radius 3 is 2.62 bits per heavy atom. The number of oxime groups is 1. The Hall–Kier alpha value is -2.82. The van der Waals surface area contributed by atoms with Crippen LogP contribution in [0.1, 0.15) is 28.7 Å². The Morgan fingerprint density at radius 2 is 1.92 bits per heavy atom. The molecule has 0 aliphatic heterocycles. The fourth-order valence-electron chi connectivity index (χ4n) is 3.04. The average molecular weight is 325 g/mol. The van der Waals surface area contributed by atoms with Crippen LogP contribution in [0.15, 0.2) is 47.6 Å². The zero-order valence-corrected chi connectivity index (χ0v) is 13.2. The quantitative estimate of drug-likeness (QED) is 0.632. The van der Waals surface area contributed by atoms with Gasteiger partial charge in [-0.05, 0) is 48.4 Å². The van der Waals surface area contributed by atoms with Gasteiger partial charge in [0.05, 0.1) is 5.71 Å². The van der Waals surface area contributed by atoms with Crippen LogP contribution in [0.5, 0.6) is 5.75 Å². The summed E-state index contributed by atoms with van der Waals surface area (Å²) in [5, 5.41) is 21.3. The Labute approximate surface area is 140 Å². The number of nitrogens with zero attached hydrogens (tertiary/aromatic N) is 1. The minimum Gasteiger partial charge on any atom is -0.482 e. The normalized spacial score (nSPS) is 14.6. The van der Waals surface area contributed by atoms with Gasteiger partial charge in [-0.15, -0.1) is 0 Å². The van der Waals surface area contributed by atoms with Crippen molar-refractivity contribution in [3.05, 3.63) is 64.7 Å². The molecular weight excluding hydrogens is 306 g/mol. The molecule has 1 aliphatic rings. The Kier molecular flexibility index (Phi) is 4.79. The van der Waals surface area contributed by atoms with Gasteiger partial charge in [0.15, 0.2) is 6.61 Å². The highest BCUT2D eigenvalue weighted by molar-refractivity contribution is 6.04. The summed E-state index contributed by atoms with van der Waals surface area (Å²) in [6.45, 7) is -0.386. The second-order valence-corrected chi connectivity index (χ2v) is 5.83. The van der Waals surface area contributed by atoms with E-state index in [1.165, 1.54) is 5.56 Å². The SMILES string of the molecule is O=C(O)COc1cc2c(cc1CCc1ccccc1)CC/C2=N\O. The van der Waals surface area contributed by atoms with Crippen molar-refractivity contribution in [3.63, 3.8) is 0 Å². The molecule has 0 saturated heterocycles. The van der Waals surface area contributed by atoms with Crippen LogP contribution in [0.25, 0.3) is 0 Å². The first kappa shape index (κ1) is 16.1. The van der Waals surface area contributed by atoms with E-state index in [-0.39, 0.29) is 6.61 Å². The first-order valence-corrected chi connectivity index (χ1v) is 7.93. The molecule has 0 atom stereocenters. The van der Waals surface area contributed by atoms with Crippen LogP contribution in [0.2, 0.25) is 0 Å². The van der Waals surface area contributed by atoms with Crippen LogP contribution in [0.3, 0.4) is 0 Å². The van der Waals surface area contributed by atoms with Crippen LogP contribution in [-0.2, 0) is 24.1 Å². The Bertz CT molecular complexity index is 768. The van der Waals surface area contributed by atoms with Crippen LogP contribution in [0.4, 0.5) is 0 Å². The molecule has 2 aromatic rings. The highest BCUT2D eigenvalue weighted by atomic mass is 16.5. The van der Waals surface area contributed by atoms with Gasteiger partial charge in [0.2, 0.25) is 0 Å². The summed E-state index contributed by atoms with van der Waals surface area (Å²) in [7, 11) is 0. The molecule has 0 spiro atoms. The molecule has 0 bridgehead atoms. The number of carboxylic acid groups (broad SMARTS) is 1. The summed E-state index contributed by atoms with van der Waals surface area (Å²) in [6.07, 6.45) is 3.13. The third kappa shape index (κ3) is 3.56. The smallest absolute Gasteiger partial charge is 0.341 e. The zero-order chi connectivity index (χ0) is 16.9. The van der Waals surface area contributed by atoms with Crippen LogP contribution >= 0.6 is 0 Å². The molecule has 2 aromatic carbocycles. The maximum Gasteiger partial charge on any atom is 0.341 e. The van der Waals surface area contributed by atoms with E-state index >= 15 is 0 Å². The zero-order valence-electron chi connectivity index (χ0n) is 13.2. The summed E-state index contributed by atoms with van der Waals surface area (Å²) in [5.74, 6) is -0.462. The molecule has 1 aliphatic carbocycles. The first-order valence-electron chi connectivity index (χ1n) is 7.93. The molecule has 0 aromatic heterocycles. The van der Waals surface area contributed by atoms with Crippen molar-refractivity contribution in [1.29, 1.82) is 0 Å². The number of carboxylic acids is 1. The minimum atomic E-state index is -1.01. The standard InChI is InChI=1S/C19H19NO4/c21-19(22)12-24-18-11-16-14(8-9-17(16)20-23)10-15(18)7-6-13-4-2-1-3-5-13/h1-5,10-11,23H,6-9,12H2,(H,21,22)/b20-17+. The van der Waals surface area contributed by atoms with Crippen molar-refractivity contribution in [1.82, 2.24) is 0 Å². The number of benzene rings is 2. The molecule has 2 N–H and O–H groups in total. The third-order valence-corrected chi connectivity index (χ3v) is 4.23. The fraction of sp³-hybridized carbons (Fsp3) is 0.263. The van der Waals surface area contributed by atoms with E-state index in [9.17, 15) is 4.79 Å². The van der Waals surface area contributed by atoms with Crippen molar-refractivity contribution in [2.24, 2.45) is 5.16 Å². The molecule has 0 radical (unpaired) electrons. The van der Waals surface area contributed by atoms with Gasteiger partial charge in [0.1, 0.15) is 5.75 Å². The highest BCUT2D eigenvalue weighted by Gasteiger charge is 2.21. The molecule has 0 amide bonds. The van der Waals surface area contributed by atoms with Gasteiger partial charge in [-0.2, -0.15) is 0 Å². The largest absolute Gasteiger partial charge is 0.482 e. The van der Waals surface area contributed by atoms with E-state index in [2.05, 4.69) is 17.3 Å². The number of rotatable bonds is 6. The van der Waals surface area contributed by atoms with E-state index in [4.69, 9.17) is 15.1 Å². The third-order valence-electron chi connectivity index (χ3n) is 4.23. The van der Waals surface area contributed by atoms with Gasteiger partial charge in [-0.3, -0.25) is 0 Å². The second kappa shape index (κ2) is 7.17. The predicted molar refractivity (Wildman–Crippen MR) is 90.1 cm³/mol. The van der Waals surface area contributed by atoms with Crippen LogP contribution < -0.4 is 4.74 Å². The number of aryl methyl sites for hydroxylation is 3. The summed E-state index contributed by atoms with van der Waals surface area (Å²) in [6, 6.07) is 14.0. The Balaban J connectivity index is 1.87. The predicted octanol–water partition coefficient (Wildman–Crippen LogP) is 3.06. The Morgan fingerprint density at radius 1 is 1.12 bits per heavy atom. The van der Waals surface area contributed by atoms with Gasteiger partial charge >= 0.3 is 5.97 Å². The van der Waals surface area contributed by atoms with Crippen molar-refractivity contribution in [3.8, 4) is 5.75 Å². The number of hydrogen-bond donors (Lipinski definition) is 2. The number of ether oxygens (including phenoxy) is 1. The van der Waals surface area contributed by atoms with Gasteiger partial charge < -0.3 is 15.1 Å². The molecule has 5 nitrogen and oxygen atoms in total. The van der Waals surface area contributed by atoms with Crippen molar-refractivity contribution in [2.45, 2.75) is 25.7 Å². The number of aliphatic carboxylic acids is 1. The lowest BCUT2D eigenvalue weighted by Gasteiger charge is -2.13. The van der Waals surface area contributed by atoms with Crippen molar-refractivity contribution >= 4 is 11.7 Å². The van der Waals surface area contributed by atoms with Crippen molar-refractivity contribution in [2.75, 3.05) is 6.61 Å². The van der Waals surface area contributed by atoms with E-state index in [0.29, 0.717) is 17.9 Å². The molecule has 124 valence electrons. The minimum absolute atomic E-state index is 0.386. The summed E-state index contributed by atoms with van der Waals surface area (Å²) in [4.78, 5) is 10.8. The maximum absolute atomic E-state index is 10.8. The van der Waals surface area contributed by atoms with E-state index in [1.807, 2.05) is 24.3 Å². The molecule has 0 saturated carbocycles. The molecule has 24 heavy (non-hydrogen) atoms. The van der Waals surface area contributed by atoms with Gasteiger partial charge in [0.25, 0.3) is 0 Å². The van der Waals surface area contributed by atoms with Crippen LogP contribution in [0, 0.1) is 0 Å². The summed E-state index contributed by atoms with van der Waals surface area (Å²) >= 11 is 0.